The van der Waals surface area contributed by atoms with Crippen molar-refractivity contribution in [1.29, 1.82) is 0 Å². The molecule has 0 spiro atoms. The Labute approximate surface area is 114 Å². The molecule has 1 aliphatic rings. The minimum absolute atomic E-state index is 0.0225. The monoisotopic (exact) mass is 260 g/mol. The minimum Gasteiger partial charge on any atom is -0.497 e. The second-order valence-electron chi connectivity index (χ2n) is 4.68. The van der Waals surface area contributed by atoms with E-state index in [1.165, 1.54) is 11.1 Å². The molecule has 102 valence electrons. The molecule has 3 nitrogen and oxygen atoms in total. The van der Waals surface area contributed by atoms with Crippen LogP contribution >= 0.6 is 0 Å². The quantitative estimate of drug-likeness (QED) is 0.778. The van der Waals surface area contributed by atoms with Gasteiger partial charge in [0.05, 0.1) is 19.6 Å². The molecule has 1 aromatic rings. The first kappa shape index (κ1) is 13.7. The Kier molecular flexibility index (Phi) is 4.61. The van der Waals surface area contributed by atoms with Crippen LogP contribution in [0.3, 0.4) is 0 Å². The van der Waals surface area contributed by atoms with Crippen LogP contribution in [0.25, 0.3) is 5.57 Å². The van der Waals surface area contributed by atoms with E-state index in [1.807, 2.05) is 25.1 Å². The van der Waals surface area contributed by atoms with E-state index in [1.54, 1.807) is 7.11 Å². The van der Waals surface area contributed by atoms with Crippen molar-refractivity contribution in [3.8, 4) is 5.75 Å². The summed E-state index contributed by atoms with van der Waals surface area (Å²) in [7, 11) is 1.67. The summed E-state index contributed by atoms with van der Waals surface area (Å²) in [5.41, 5.74) is 2.47. The van der Waals surface area contributed by atoms with E-state index in [-0.39, 0.29) is 11.9 Å². The lowest BCUT2D eigenvalue weighted by Gasteiger charge is -2.20. The predicted octanol–water partition coefficient (Wildman–Crippen LogP) is 3.44. The standard InChI is InChI=1S/C16H20O3/c1-3-19-16(17)13-9-7-12(8-10-13)14-5-4-6-15(11-14)18-2/h4-7,11,13H,3,8-10H2,1-2H3. The topological polar surface area (TPSA) is 35.5 Å². The number of hydrogen-bond donors (Lipinski definition) is 0. The maximum Gasteiger partial charge on any atom is 0.309 e. The van der Waals surface area contributed by atoms with E-state index in [9.17, 15) is 4.79 Å². The van der Waals surface area contributed by atoms with Crippen molar-refractivity contribution in [3.05, 3.63) is 35.9 Å². The number of carbonyl (C=O) groups is 1. The van der Waals surface area contributed by atoms with Gasteiger partial charge in [-0.25, -0.2) is 0 Å². The summed E-state index contributed by atoms with van der Waals surface area (Å²) in [6, 6.07) is 8.05. The molecule has 0 aromatic heterocycles. The van der Waals surface area contributed by atoms with Gasteiger partial charge in [0.15, 0.2) is 0 Å². The van der Waals surface area contributed by atoms with Gasteiger partial charge in [0, 0.05) is 0 Å². The molecule has 1 aliphatic carbocycles. The van der Waals surface area contributed by atoms with Crippen molar-refractivity contribution in [2.45, 2.75) is 26.2 Å². The third-order valence-electron chi connectivity index (χ3n) is 3.47. The van der Waals surface area contributed by atoms with Crippen LogP contribution < -0.4 is 4.74 Å². The number of allylic oxidation sites excluding steroid dienone is 2. The smallest absolute Gasteiger partial charge is 0.309 e. The molecule has 0 saturated heterocycles. The highest BCUT2D eigenvalue weighted by atomic mass is 16.5. The molecule has 3 heteroatoms. The van der Waals surface area contributed by atoms with Gasteiger partial charge < -0.3 is 9.47 Å². The maximum atomic E-state index is 11.7. The molecule has 0 N–H and O–H groups in total. The SMILES string of the molecule is CCOC(=O)C1CC=C(c2cccc(OC)c2)CC1. The van der Waals surface area contributed by atoms with Crippen LogP contribution in [0.2, 0.25) is 0 Å². The van der Waals surface area contributed by atoms with Gasteiger partial charge in [-0.05, 0) is 49.5 Å². The highest BCUT2D eigenvalue weighted by molar-refractivity contribution is 5.75. The zero-order valence-corrected chi connectivity index (χ0v) is 11.5. The summed E-state index contributed by atoms with van der Waals surface area (Å²) in [5, 5.41) is 0. The number of benzene rings is 1. The van der Waals surface area contributed by atoms with Crippen LogP contribution in [0.5, 0.6) is 5.75 Å². The first-order valence-electron chi connectivity index (χ1n) is 6.74. The average molecular weight is 260 g/mol. The van der Waals surface area contributed by atoms with E-state index < -0.39 is 0 Å². The van der Waals surface area contributed by atoms with E-state index in [0.717, 1.165) is 25.0 Å². The van der Waals surface area contributed by atoms with Crippen molar-refractivity contribution in [1.82, 2.24) is 0 Å². The lowest BCUT2D eigenvalue weighted by Crippen LogP contribution is -2.19. The summed E-state index contributed by atoms with van der Waals surface area (Å²) < 4.78 is 10.3. The van der Waals surface area contributed by atoms with Crippen molar-refractivity contribution in [3.63, 3.8) is 0 Å². The number of ether oxygens (including phenoxy) is 2. The van der Waals surface area contributed by atoms with Crippen LogP contribution in [0.15, 0.2) is 30.3 Å². The van der Waals surface area contributed by atoms with Gasteiger partial charge in [0.1, 0.15) is 5.75 Å². The van der Waals surface area contributed by atoms with Crippen LogP contribution in [0.4, 0.5) is 0 Å². The van der Waals surface area contributed by atoms with Crippen LogP contribution in [0, 0.1) is 5.92 Å². The zero-order valence-electron chi connectivity index (χ0n) is 11.5. The highest BCUT2D eigenvalue weighted by Gasteiger charge is 2.23. The molecule has 0 saturated carbocycles. The first-order chi connectivity index (χ1) is 9.24. The molecule has 2 rings (SSSR count). The van der Waals surface area contributed by atoms with Gasteiger partial charge in [0.25, 0.3) is 0 Å². The molecule has 1 aromatic carbocycles. The van der Waals surface area contributed by atoms with Crippen molar-refractivity contribution in [2.75, 3.05) is 13.7 Å². The molecule has 19 heavy (non-hydrogen) atoms. The Morgan fingerprint density at radius 1 is 1.42 bits per heavy atom. The molecule has 0 heterocycles. The summed E-state index contributed by atoms with van der Waals surface area (Å²) >= 11 is 0. The fraction of sp³-hybridized carbons (Fsp3) is 0.438. The predicted molar refractivity (Wildman–Crippen MR) is 74.9 cm³/mol. The maximum absolute atomic E-state index is 11.7. The summed E-state index contributed by atoms with van der Waals surface area (Å²) in [6.07, 6.45) is 4.70. The van der Waals surface area contributed by atoms with Gasteiger partial charge in [-0.1, -0.05) is 18.2 Å². The lowest BCUT2D eigenvalue weighted by molar-refractivity contribution is -0.148. The summed E-state index contributed by atoms with van der Waals surface area (Å²) in [4.78, 5) is 11.7. The molecule has 0 bridgehead atoms. The Morgan fingerprint density at radius 2 is 2.26 bits per heavy atom. The number of carbonyl (C=O) groups excluding carboxylic acids is 1. The normalized spacial score (nSPS) is 18.6. The van der Waals surface area contributed by atoms with Gasteiger partial charge in [-0.2, -0.15) is 0 Å². The molecule has 0 radical (unpaired) electrons. The zero-order chi connectivity index (χ0) is 13.7. The average Bonchev–Trinajstić information content (AvgIpc) is 2.48. The van der Waals surface area contributed by atoms with Gasteiger partial charge in [-0.15, -0.1) is 0 Å². The van der Waals surface area contributed by atoms with Crippen LogP contribution in [0.1, 0.15) is 31.7 Å². The summed E-state index contributed by atoms with van der Waals surface area (Å²) in [6.45, 7) is 2.31. The minimum atomic E-state index is -0.0663. The molecule has 0 fully saturated rings. The van der Waals surface area contributed by atoms with Crippen LogP contribution in [-0.2, 0) is 9.53 Å². The second-order valence-corrected chi connectivity index (χ2v) is 4.68. The largest absolute Gasteiger partial charge is 0.497 e. The molecule has 1 unspecified atom stereocenters. The molecule has 0 aliphatic heterocycles. The second kappa shape index (κ2) is 6.41. The Bertz CT molecular complexity index is 477. The number of rotatable bonds is 4. The molecular formula is C16H20O3. The fourth-order valence-corrected chi connectivity index (χ4v) is 2.39. The third kappa shape index (κ3) is 3.37. The highest BCUT2D eigenvalue weighted by Crippen LogP contribution is 2.32. The van der Waals surface area contributed by atoms with Gasteiger partial charge >= 0.3 is 5.97 Å². The van der Waals surface area contributed by atoms with E-state index in [4.69, 9.17) is 9.47 Å². The molecule has 1 atom stereocenters. The number of methoxy groups -OCH3 is 1. The van der Waals surface area contributed by atoms with Crippen molar-refractivity contribution < 1.29 is 14.3 Å². The van der Waals surface area contributed by atoms with Gasteiger partial charge in [-0.3, -0.25) is 4.79 Å². The Balaban J connectivity index is 2.05. The van der Waals surface area contributed by atoms with Crippen LogP contribution in [-0.4, -0.2) is 19.7 Å². The number of esters is 1. The van der Waals surface area contributed by atoms with Crippen molar-refractivity contribution in [2.24, 2.45) is 5.92 Å². The Morgan fingerprint density at radius 3 is 2.89 bits per heavy atom. The van der Waals surface area contributed by atoms with Gasteiger partial charge in [0.2, 0.25) is 0 Å². The first-order valence-corrected chi connectivity index (χ1v) is 6.74. The van der Waals surface area contributed by atoms with E-state index >= 15 is 0 Å². The van der Waals surface area contributed by atoms with E-state index in [0.29, 0.717) is 6.61 Å². The fourth-order valence-electron chi connectivity index (χ4n) is 2.39. The third-order valence-corrected chi connectivity index (χ3v) is 3.47. The molecular weight excluding hydrogens is 240 g/mol. The molecule has 0 amide bonds. The Hall–Kier alpha value is -1.77. The van der Waals surface area contributed by atoms with E-state index in [2.05, 4.69) is 12.1 Å². The summed E-state index contributed by atoms with van der Waals surface area (Å²) in [5.74, 6) is 0.823. The lowest BCUT2D eigenvalue weighted by atomic mass is 9.86. The van der Waals surface area contributed by atoms with Crippen molar-refractivity contribution >= 4 is 11.5 Å². The number of hydrogen-bond acceptors (Lipinski definition) is 3.